The zero-order valence-electron chi connectivity index (χ0n) is 12.6. The van der Waals surface area contributed by atoms with E-state index in [1.165, 1.54) is 17.3 Å². The van der Waals surface area contributed by atoms with Crippen molar-refractivity contribution in [2.75, 3.05) is 11.6 Å². The van der Waals surface area contributed by atoms with Crippen molar-refractivity contribution in [3.8, 4) is 6.19 Å². The third-order valence-corrected chi connectivity index (χ3v) is 3.73. The summed E-state index contributed by atoms with van der Waals surface area (Å²) in [7, 11) is 0. The molecule has 0 aliphatic carbocycles. The molecule has 5 heteroatoms. The lowest BCUT2D eigenvalue weighted by Gasteiger charge is -2.17. The van der Waals surface area contributed by atoms with Crippen molar-refractivity contribution in [2.45, 2.75) is 13.0 Å². The van der Waals surface area contributed by atoms with Gasteiger partial charge in [0, 0.05) is 6.04 Å². The number of hydrogen-bond acceptors (Lipinski definition) is 4. The number of nitrogens with one attached hydrogen (secondary N) is 2. The van der Waals surface area contributed by atoms with Gasteiger partial charge in [0.05, 0.1) is 11.4 Å². The maximum Gasteiger partial charge on any atom is 0.183 e. The molecule has 2 aromatic carbocycles. The Hall–Kier alpha value is -2.45. The first kappa shape index (κ1) is 15.9. The molecule has 0 amide bonds. The maximum atomic E-state index is 8.74. The van der Waals surface area contributed by atoms with Gasteiger partial charge in [0.1, 0.15) is 0 Å². The SMILES string of the molecule is CSC(=Nc1ccccc1NC(C)c1ccccc1)NC#N. The molecule has 1 atom stereocenters. The molecule has 0 saturated heterocycles. The average molecular weight is 310 g/mol. The molecule has 0 aliphatic rings. The lowest BCUT2D eigenvalue weighted by molar-refractivity contribution is 0.885. The van der Waals surface area contributed by atoms with Crippen LogP contribution in [0.3, 0.4) is 0 Å². The molecular formula is C17H18N4S. The van der Waals surface area contributed by atoms with E-state index in [1.807, 2.05) is 54.9 Å². The van der Waals surface area contributed by atoms with Crippen LogP contribution >= 0.6 is 11.8 Å². The van der Waals surface area contributed by atoms with Crippen LogP contribution in [0.5, 0.6) is 0 Å². The third kappa shape index (κ3) is 4.27. The van der Waals surface area contributed by atoms with Crippen LogP contribution in [0.4, 0.5) is 11.4 Å². The van der Waals surface area contributed by atoms with E-state index < -0.39 is 0 Å². The highest BCUT2D eigenvalue weighted by Crippen LogP contribution is 2.29. The standard InChI is InChI=1S/C17H18N4S/c1-13(14-8-4-3-5-9-14)20-15-10-6-7-11-16(15)21-17(22-2)19-12-18/h3-11,13,20H,1-2H3,(H,19,21). The molecular weight excluding hydrogens is 292 g/mol. The number of hydrogen-bond donors (Lipinski definition) is 2. The van der Waals surface area contributed by atoms with E-state index in [0.717, 1.165) is 11.4 Å². The number of nitriles is 1. The van der Waals surface area contributed by atoms with E-state index in [4.69, 9.17) is 5.26 Å². The van der Waals surface area contributed by atoms with Gasteiger partial charge in [-0.3, -0.25) is 5.32 Å². The summed E-state index contributed by atoms with van der Waals surface area (Å²) in [5, 5.41) is 15.4. The van der Waals surface area contributed by atoms with Gasteiger partial charge in [0.15, 0.2) is 11.4 Å². The van der Waals surface area contributed by atoms with Crippen LogP contribution in [0.15, 0.2) is 59.6 Å². The van der Waals surface area contributed by atoms with Crippen LogP contribution in [0, 0.1) is 11.5 Å². The van der Waals surface area contributed by atoms with E-state index in [1.54, 1.807) is 0 Å². The van der Waals surface area contributed by atoms with Crippen molar-refractivity contribution < 1.29 is 0 Å². The Morgan fingerprint density at radius 3 is 2.50 bits per heavy atom. The third-order valence-electron chi connectivity index (χ3n) is 3.15. The lowest BCUT2D eigenvalue weighted by atomic mass is 10.1. The molecule has 0 bridgehead atoms. The fourth-order valence-corrected chi connectivity index (χ4v) is 2.37. The number of benzene rings is 2. The predicted octanol–water partition coefficient (Wildman–Crippen LogP) is 4.28. The minimum Gasteiger partial charge on any atom is -0.377 e. The number of nitrogens with zero attached hydrogens (tertiary/aromatic N) is 2. The van der Waals surface area contributed by atoms with Crippen molar-refractivity contribution >= 4 is 28.3 Å². The van der Waals surface area contributed by atoms with Gasteiger partial charge in [-0.15, -0.1) is 0 Å². The van der Waals surface area contributed by atoms with Crippen LogP contribution in [-0.4, -0.2) is 11.4 Å². The summed E-state index contributed by atoms with van der Waals surface area (Å²) in [6.45, 7) is 2.11. The summed E-state index contributed by atoms with van der Waals surface area (Å²) in [6.07, 6.45) is 3.78. The molecule has 0 radical (unpaired) electrons. The first-order chi connectivity index (χ1) is 10.7. The lowest BCUT2D eigenvalue weighted by Crippen LogP contribution is -2.13. The van der Waals surface area contributed by atoms with Gasteiger partial charge in [-0.25, -0.2) is 4.99 Å². The molecule has 2 rings (SSSR count). The van der Waals surface area contributed by atoms with Gasteiger partial charge in [-0.2, -0.15) is 5.26 Å². The van der Waals surface area contributed by atoms with Gasteiger partial charge in [-0.1, -0.05) is 54.2 Å². The summed E-state index contributed by atoms with van der Waals surface area (Å²) < 4.78 is 0. The minimum absolute atomic E-state index is 0.166. The van der Waals surface area contributed by atoms with Crippen LogP contribution in [0.1, 0.15) is 18.5 Å². The zero-order valence-corrected chi connectivity index (χ0v) is 13.4. The fourth-order valence-electron chi connectivity index (χ4n) is 2.03. The predicted molar refractivity (Wildman–Crippen MR) is 94.3 cm³/mol. The second-order valence-corrected chi connectivity index (χ2v) is 5.45. The largest absolute Gasteiger partial charge is 0.377 e. The molecule has 0 saturated carbocycles. The van der Waals surface area contributed by atoms with Crippen LogP contribution < -0.4 is 10.6 Å². The molecule has 0 spiro atoms. The smallest absolute Gasteiger partial charge is 0.183 e. The van der Waals surface area contributed by atoms with E-state index >= 15 is 0 Å². The summed E-state index contributed by atoms with van der Waals surface area (Å²) in [5.74, 6) is 0. The number of aliphatic imine (C=N–C) groups is 1. The second kappa shape index (κ2) is 8.11. The topological polar surface area (TPSA) is 60.2 Å². The van der Waals surface area contributed by atoms with Gasteiger partial charge < -0.3 is 5.32 Å². The Balaban J connectivity index is 2.24. The van der Waals surface area contributed by atoms with Crippen molar-refractivity contribution in [1.82, 2.24) is 5.32 Å². The van der Waals surface area contributed by atoms with E-state index in [-0.39, 0.29) is 6.04 Å². The first-order valence-electron chi connectivity index (χ1n) is 6.93. The minimum atomic E-state index is 0.166. The highest BCUT2D eigenvalue weighted by molar-refractivity contribution is 8.13. The van der Waals surface area contributed by atoms with Crippen LogP contribution in [-0.2, 0) is 0 Å². The Kier molecular flexibility index (Phi) is 5.87. The average Bonchev–Trinajstić information content (AvgIpc) is 2.56. The Bertz CT molecular complexity index is 677. The second-order valence-electron chi connectivity index (χ2n) is 4.65. The maximum absolute atomic E-state index is 8.74. The van der Waals surface area contributed by atoms with Gasteiger partial charge in [-0.05, 0) is 30.9 Å². The van der Waals surface area contributed by atoms with E-state index in [9.17, 15) is 0 Å². The summed E-state index contributed by atoms with van der Waals surface area (Å²) in [5.41, 5.74) is 2.95. The number of rotatable bonds is 4. The monoisotopic (exact) mass is 310 g/mol. The zero-order chi connectivity index (χ0) is 15.8. The number of anilines is 1. The van der Waals surface area contributed by atoms with Crippen molar-refractivity contribution in [2.24, 2.45) is 4.99 Å². The normalized spacial score (nSPS) is 12.3. The highest BCUT2D eigenvalue weighted by Gasteiger charge is 2.08. The van der Waals surface area contributed by atoms with Crippen LogP contribution in [0.25, 0.3) is 0 Å². The van der Waals surface area contributed by atoms with Crippen LogP contribution in [0.2, 0.25) is 0 Å². The Morgan fingerprint density at radius 1 is 1.14 bits per heavy atom. The Morgan fingerprint density at radius 2 is 1.82 bits per heavy atom. The fraction of sp³-hybridized carbons (Fsp3) is 0.176. The Labute approximate surface area is 135 Å². The molecule has 2 aromatic rings. The van der Waals surface area contributed by atoms with Gasteiger partial charge in [0.25, 0.3) is 0 Å². The summed E-state index contributed by atoms with van der Waals surface area (Å²) in [4.78, 5) is 4.50. The molecule has 1 unspecified atom stereocenters. The van der Waals surface area contributed by atoms with Crippen molar-refractivity contribution in [1.29, 1.82) is 5.26 Å². The summed E-state index contributed by atoms with van der Waals surface area (Å²) in [6, 6.07) is 18.2. The first-order valence-corrected chi connectivity index (χ1v) is 8.15. The van der Waals surface area contributed by atoms with Gasteiger partial charge in [0.2, 0.25) is 0 Å². The van der Waals surface area contributed by atoms with E-state index in [2.05, 4.69) is 34.7 Å². The van der Waals surface area contributed by atoms with Crippen molar-refractivity contribution in [3.05, 3.63) is 60.2 Å². The van der Waals surface area contributed by atoms with E-state index in [0.29, 0.717) is 5.17 Å². The molecule has 0 heterocycles. The summed E-state index contributed by atoms with van der Waals surface area (Å²) >= 11 is 1.40. The molecule has 112 valence electrons. The number of para-hydroxylation sites is 2. The molecule has 2 N–H and O–H groups in total. The quantitative estimate of drug-likeness (QED) is 0.383. The highest BCUT2D eigenvalue weighted by atomic mass is 32.2. The van der Waals surface area contributed by atoms with Gasteiger partial charge >= 0.3 is 0 Å². The number of thioether (sulfide) groups is 1. The molecule has 4 nitrogen and oxygen atoms in total. The molecule has 22 heavy (non-hydrogen) atoms. The van der Waals surface area contributed by atoms with Crippen molar-refractivity contribution in [3.63, 3.8) is 0 Å². The molecule has 0 aromatic heterocycles. The molecule has 0 aliphatic heterocycles. The molecule has 0 fully saturated rings. The number of amidine groups is 1.